The molecule has 1 saturated carbocycles. The van der Waals surface area contributed by atoms with E-state index in [0.717, 1.165) is 11.6 Å². The van der Waals surface area contributed by atoms with Gasteiger partial charge in [0.2, 0.25) is 12.7 Å². The molecule has 0 saturated heterocycles. The smallest absolute Gasteiger partial charge is 0.417 e. The van der Waals surface area contributed by atoms with E-state index < -0.39 is 17.2 Å². The highest BCUT2D eigenvalue weighted by atomic mass is 35.5. The molecule has 0 unspecified atom stereocenters. The van der Waals surface area contributed by atoms with Crippen LogP contribution in [0.4, 0.5) is 18.9 Å². The predicted octanol–water partition coefficient (Wildman–Crippen LogP) is 6.42. The number of fused-ring (bicyclic) bond motifs is 1. The van der Waals surface area contributed by atoms with Crippen LogP contribution < -0.4 is 14.8 Å². The normalized spacial score (nSPS) is 16.0. The van der Waals surface area contributed by atoms with E-state index in [4.69, 9.17) is 21.1 Å². The Labute approximate surface area is 186 Å². The van der Waals surface area contributed by atoms with Crippen LogP contribution in [0.25, 0.3) is 11.1 Å². The first-order valence-electron chi connectivity index (χ1n) is 9.95. The molecule has 1 amide bonds. The first kappa shape index (κ1) is 20.7. The second-order valence-corrected chi connectivity index (χ2v) is 8.31. The number of carbonyl (C=O) groups excluding carboxylic acids is 1. The minimum atomic E-state index is -4.60. The van der Waals surface area contributed by atoms with Gasteiger partial charge in [0.1, 0.15) is 0 Å². The van der Waals surface area contributed by atoms with Crippen LogP contribution in [-0.2, 0) is 16.4 Å². The number of nitrogens with one attached hydrogen (secondary N) is 1. The minimum absolute atomic E-state index is 0.00472. The van der Waals surface area contributed by atoms with Crippen molar-refractivity contribution in [3.8, 4) is 22.6 Å². The van der Waals surface area contributed by atoms with Gasteiger partial charge in [0.25, 0.3) is 0 Å². The molecule has 0 aromatic heterocycles. The van der Waals surface area contributed by atoms with Crippen molar-refractivity contribution < 1.29 is 27.4 Å². The van der Waals surface area contributed by atoms with E-state index in [1.165, 1.54) is 18.2 Å². The van der Waals surface area contributed by atoms with Crippen LogP contribution in [0.3, 0.4) is 0 Å². The van der Waals surface area contributed by atoms with Crippen molar-refractivity contribution in [2.75, 3.05) is 12.1 Å². The lowest BCUT2D eigenvalue weighted by Gasteiger charge is -2.19. The Kier molecular flexibility index (Phi) is 4.82. The van der Waals surface area contributed by atoms with Gasteiger partial charge in [-0.3, -0.25) is 4.79 Å². The van der Waals surface area contributed by atoms with Gasteiger partial charge in [0.15, 0.2) is 11.5 Å². The fourth-order valence-electron chi connectivity index (χ4n) is 3.98. The second kappa shape index (κ2) is 7.45. The molecule has 1 N–H and O–H groups in total. The number of rotatable bonds is 4. The predicted molar refractivity (Wildman–Crippen MR) is 114 cm³/mol. The summed E-state index contributed by atoms with van der Waals surface area (Å²) in [5.74, 6) is 0.822. The van der Waals surface area contributed by atoms with Gasteiger partial charge in [-0.05, 0) is 65.9 Å². The van der Waals surface area contributed by atoms with Gasteiger partial charge < -0.3 is 14.8 Å². The molecule has 0 atom stereocenters. The Morgan fingerprint density at radius 3 is 2.47 bits per heavy atom. The summed E-state index contributed by atoms with van der Waals surface area (Å²) in [7, 11) is 0. The summed E-state index contributed by atoms with van der Waals surface area (Å²) in [6.45, 7) is 0.122. The molecule has 1 heterocycles. The summed E-state index contributed by atoms with van der Waals surface area (Å²) in [5, 5.41) is 3.02. The molecule has 0 spiro atoms. The van der Waals surface area contributed by atoms with Crippen LogP contribution in [0.1, 0.15) is 24.0 Å². The number of benzene rings is 3. The number of hydrogen-bond donors (Lipinski definition) is 1. The molecule has 1 aliphatic carbocycles. The van der Waals surface area contributed by atoms with Gasteiger partial charge in [-0.2, -0.15) is 13.2 Å². The van der Waals surface area contributed by atoms with E-state index >= 15 is 0 Å². The highest BCUT2D eigenvalue weighted by molar-refractivity contribution is 6.30. The van der Waals surface area contributed by atoms with Gasteiger partial charge >= 0.3 is 6.18 Å². The topological polar surface area (TPSA) is 47.6 Å². The average molecular weight is 460 g/mol. The molecule has 32 heavy (non-hydrogen) atoms. The third-order valence-corrected chi connectivity index (χ3v) is 6.06. The molecule has 3 aromatic rings. The number of anilines is 1. The largest absolute Gasteiger partial charge is 0.454 e. The first-order valence-corrected chi connectivity index (χ1v) is 10.3. The molecule has 8 heteroatoms. The molecular weight excluding hydrogens is 443 g/mol. The summed E-state index contributed by atoms with van der Waals surface area (Å²) < 4.78 is 52.2. The molecule has 5 rings (SSSR count). The van der Waals surface area contributed by atoms with Crippen molar-refractivity contribution in [1.29, 1.82) is 0 Å². The minimum Gasteiger partial charge on any atom is -0.454 e. The van der Waals surface area contributed by atoms with Gasteiger partial charge in [-0.1, -0.05) is 35.9 Å². The van der Waals surface area contributed by atoms with Gasteiger partial charge in [-0.15, -0.1) is 0 Å². The van der Waals surface area contributed by atoms with E-state index in [-0.39, 0.29) is 24.0 Å². The summed E-state index contributed by atoms with van der Waals surface area (Å²) in [5.41, 5.74) is -0.446. The zero-order chi connectivity index (χ0) is 22.5. The van der Waals surface area contributed by atoms with Gasteiger partial charge in [-0.25, -0.2) is 0 Å². The van der Waals surface area contributed by atoms with Crippen molar-refractivity contribution in [2.45, 2.75) is 24.4 Å². The SMILES string of the molecule is O=C(Nc1ccc(-c2cccc(Cl)c2)c(C(F)(F)F)c1)C1(c2ccc3c(c2)OCO3)CC1. The summed E-state index contributed by atoms with van der Waals surface area (Å²) in [6.07, 6.45) is -3.40. The number of amides is 1. The number of carbonyl (C=O) groups is 1. The average Bonchev–Trinajstić information content (AvgIpc) is 3.44. The van der Waals surface area contributed by atoms with Crippen molar-refractivity contribution >= 4 is 23.2 Å². The van der Waals surface area contributed by atoms with E-state index in [9.17, 15) is 18.0 Å². The molecular formula is C24H17ClF3NO3. The monoisotopic (exact) mass is 459 g/mol. The maximum atomic E-state index is 13.8. The Hall–Kier alpha value is -3.19. The second-order valence-electron chi connectivity index (χ2n) is 7.87. The summed E-state index contributed by atoms with van der Waals surface area (Å²) in [6, 6.07) is 15.3. The van der Waals surface area contributed by atoms with Gasteiger partial charge in [0, 0.05) is 10.7 Å². The lowest BCUT2D eigenvalue weighted by molar-refractivity contribution is -0.137. The molecule has 1 fully saturated rings. The Balaban J connectivity index is 1.45. The highest BCUT2D eigenvalue weighted by Gasteiger charge is 2.51. The highest BCUT2D eigenvalue weighted by Crippen LogP contribution is 2.51. The van der Waals surface area contributed by atoms with Crippen LogP contribution >= 0.6 is 11.6 Å². The lowest BCUT2D eigenvalue weighted by Crippen LogP contribution is -2.28. The molecule has 1 aliphatic heterocycles. The Morgan fingerprint density at radius 1 is 0.969 bits per heavy atom. The van der Waals surface area contributed by atoms with Crippen molar-refractivity contribution in [3.63, 3.8) is 0 Å². The third kappa shape index (κ3) is 3.66. The lowest BCUT2D eigenvalue weighted by atomic mass is 9.94. The molecule has 3 aromatic carbocycles. The molecule has 164 valence electrons. The van der Waals surface area contributed by atoms with Crippen molar-refractivity contribution in [1.82, 2.24) is 0 Å². The zero-order valence-electron chi connectivity index (χ0n) is 16.6. The third-order valence-electron chi connectivity index (χ3n) is 5.83. The Morgan fingerprint density at radius 2 is 1.75 bits per heavy atom. The maximum Gasteiger partial charge on any atom is 0.417 e. The molecule has 4 nitrogen and oxygen atoms in total. The van der Waals surface area contributed by atoms with Crippen LogP contribution in [0.2, 0.25) is 5.02 Å². The number of ether oxygens (including phenoxy) is 2. The van der Waals surface area contributed by atoms with E-state index in [1.54, 1.807) is 36.4 Å². The fraction of sp³-hybridized carbons (Fsp3) is 0.208. The molecule has 2 aliphatic rings. The number of alkyl halides is 3. The number of hydrogen-bond acceptors (Lipinski definition) is 3. The van der Waals surface area contributed by atoms with E-state index in [1.807, 2.05) is 0 Å². The Bertz CT molecular complexity index is 1220. The molecule has 0 bridgehead atoms. The first-order chi connectivity index (χ1) is 15.3. The summed E-state index contributed by atoms with van der Waals surface area (Å²) in [4.78, 5) is 13.1. The van der Waals surface area contributed by atoms with Crippen LogP contribution in [0.15, 0.2) is 60.7 Å². The molecule has 0 radical (unpaired) electrons. The van der Waals surface area contributed by atoms with Gasteiger partial charge in [0.05, 0.1) is 11.0 Å². The van der Waals surface area contributed by atoms with Crippen LogP contribution in [0.5, 0.6) is 11.5 Å². The van der Waals surface area contributed by atoms with Crippen LogP contribution in [0, 0.1) is 0 Å². The van der Waals surface area contributed by atoms with E-state index in [0.29, 0.717) is 34.9 Å². The quantitative estimate of drug-likeness (QED) is 0.489. The maximum absolute atomic E-state index is 13.8. The van der Waals surface area contributed by atoms with Crippen LogP contribution in [-0.4, -0.2) is 12.7 Å². The fourth-order valence-corrected chi connectivity index (χ4v) is 4.17. The zero-order valence-corrected chi connectivity index (χ0v) is 17.4. The van der Waals surface area contributed by atoms with Crippen molar-refractivity contribution in [3.05, 3.63) is 76.8 Å². The van der Waals surface area contributed by atoms with E-state index in [2.05, 4.69) is 5.32 Å². The standard InChI is InChI=1S/C24H17ClF3NO3/c25-16-3-1-2-14(10-16)18-6-5-17(12-19(18)24(26,27)28)29-22(30)23(8-9-23)15-4-7-20-21(11-15)32-13-31-20/h1-7,10-12H,8-9,13H2,(H,29,30). The van der Waals surface area contributed by atoms with Crippen molar-refractivity contribution in [2.24, 2.45) is 0 Å². The number of halogens is 4. The summed E-state index contributed by atoms with van der Waals surface area (Å²) >= 11 is 5.96.